The van der Waals surface area contributed by atoms with Gasteiger partial charge < -0.3 is 24.4 Å². The van der Waals surface area contributed by atoms with Gasteiger partial charge in [-0.25, -0.2) is 9.97 Å². The van der Waals surface area contributed by atoms with Gasteiger partial charge in [0.05, 0.1) is 17.0 Å². The fourth-order valence-electron chi connectivity index (χ4n) is 4.19. The van der Waals surface area contributed by atoms with E-state index in [2.05, 4.69) is 15.8 Å². The Hall–Kier alpha value is -2.72. The number of halogens is 1. The molecule has 0 radical (unpaired) electrons. The summed E-state index contributed by atoms with van der Waals surface area (Å²) < 4.78 is 16.9. The predicted octanol–water partition coefficient (Wildman–Crippen LogP) is 4.27. The summed E-state index contributed by atoms with van der Waals surface area (Å²) in [6, 6.07) is 5.56. The molecule has 1 fully saturated rings. The molecule has 3 aromatic rings. The standard InChI is InChI=1S/C25H32ClN5O4/c1-13-22(21-14(2)31-35-16(21)4)29-24(30-23(13)28-19-6-8-33-9-7-19)17-10-18(26)12-20(11-17)34-25(27-5)15(3)32/h10-12,15,19,25,27,32H,6-9H2,1-5H3,(H,28,29,30). The number of rotatable bonds is 8. The van der Waals surface area contributed by atoms with Gasteiger partial charge in [0.1, 0.15) is 23.4 Å². The van der Waals surface area contributed by atoms with Crippen LogP contribution in [0.4, 0.5) is 5.82 Å². The van der Waals surface area contributed by atoms with Crippen LogP contribution in [-0.4, -0.2) is 58.9 Å². The normalized spacial score (nSPS) is 16.2. The highest BCUT2D eigenvalue weighted by Gasteiger charge is 2.23. The van der Waals surface area contributed by atoms with Crippen LogP contribution in [0.2, 0.25) is 5.02 Å². The minimum Gasteiger partial charge on any atom is -0.473 e. The number of nitrogens with zero attached hydrogens (tertiary/aromatic N) is 3. The molecule has 3 N–H and O–H groups in total. The van der Waals surface area contributed by atoms with Crippen LogP contribution < -0.4 is 15.4 Å². The molecule has 188 valence electrons. The molecule has 4 rings (SSSR count). The molecule has 10 heteroatoms. The van der Waals surface area contributed by atoms with E-state index in [1.54, 1.807) is 26.1 Å². The molecular weight excluding hydrogens is 470 g/mol. The summed E-state index contributed by atoms with van der Waals surface area (Å²) in [5.41, 5.74) is 3.97. The van der Waals surface area contributed by atoms with Crippen molar-refractivity contribution >= 4 is 17.4 Å². The maximum Gasteiger partial charge on any atom is 0.175 e. The van der Waals surface area contributed by atoms with Crippen LogP contribution in [0.1, 0.15) is 36.8 Å². The first-order chi connectivity index (χ1) is 16.8. The number of likely N-dealkylation sites (N-methyl/N-ethyl adjacent to an activating group) is 1. The van der Waals surface area contributed by atoms with Gasteiger partial charge in [-0.3, -0.25) is 5.32 Å². The lowest BCUT2D eigenvalue weighted by Crippen LogP contribution is -2.40. The van der Waals surface area contributed by atoms with Crippen molar-refractivity contribution in [2.45, 2.75) is 58.9 Å². The molecule has 0 saturated carbocycles. The number of hydrogen-bond donors (Lipinski definition) is 3. The van der Waals surface area contributed by atoms with E-state index < -0.39 is 12.3 Å². The maximum atomic E-state index is 9.97. The van der Waals surface area contributed by atoms with Crippen LogP contribution in [0.25, 0.3) is 22.6 Å². The zero-order valence-corrected chi connectivity index (χ0v) is 21.4. The first kappa shape index (κ1) is 25.4. The van der Waals surface area contributed by atoms with Gasteiger partial charge in [-0.2, -0.15) is 0 Å². The number of ether oxygens (including phenoxy) is 2. The summed E-state index contributed by atoms with van der Waals surface area (Å²) in [7, 11) is 1.72. The van der Waals surface area contributed by atoms with E-state index in [9.17, 15) is 5.11 Å². The minimum absolute atomic E-state index is 0.253. The largest absolute Gasteiger partial charge is 0.473 e. The number of aryl methyl sites for hydroxylation is 2. The molecule has 1 aromatic carbocycles. The molecule has 0 aliphatic carbocycles. The van der Waals surface area contributed by atoms with Gasteiger partial charge in [0.25, 0.3) is 0 Å². The first-order valence-corrected chi connectivity index (χ1v) is 12.1. The maximum absolute atomic E-state index is 9.97. The average molecular weight is 502 g/mol. The Morgan fingerprint density at radius 2 is 1.89 bits per heavy atom. The third-order valence-corrected chi connectivity index (χ3v) is 6.31. The van der Waals surface area contributed by atoms with Crippen molar-refractivity contribution in [2.24, 2.45) is 0 Å². The molecule has 0 spiro atoms. The Morgan fingerprint density at radius 1 is 1.14 bits per heavy atom. The number of aromatic nitrogens is 3. The van der Waals surface area contributed by atoms with Crippen molar-refractivity contribution in [3.63, 3.8) is 0 Å². The highest BCUT2D eigenvalue weighted by molar-refractivity contribution is 6.31. The number of nitrogens with one attached hydrogen (secondary N) is 2. The molecule has 2 unspecified atom stereocenters. The molecule has 1 saturated heterocycles. The summed E-state index contributed by atoms with van der Waals surface area (Å²) in [5, 5.41) is 21.1. The molecule has 1 aliphatic heterocycles. The SMILES string of the molecule is CNC(Oc1cc(Cl)cc(-c2nc(NC3CCOCC3)c(C)c(-c3c(C)noc3C)n2)c1)C(C)O. The summed E-state index contributed by atoms with van der Waals surface area (Å²) >= 11 is 6.45. The number of anilines is 1. The van der Waals surface area contributed by atoms with Crippen molar-refractivity contribution in [3.05, 3.63) is 40.2 Å². The predicted molar refractivity (Wildman–Crippen MR) is 135 cm³/mol. The van der Waals surface area contributed by atoms with E-state index in [0.29, 0.717) is 27.9 Å². The van der Waals surface area contributed by atoms with E-state index >= 15 is 0 Å². The zero-order valence-electron chi connectivity index (χ0n) is 20.7. The number of aliphatic hydroxyl groups is 1. The third kappa shape index (κ3) is 5.75. The van der Waals surface area contributed by atoms with Crippen LogP contribution in [-0.2, 0) is 4.74 Å². The quantitative estimate of drug-likeness (QED) is 0.389. The summed E-state index contributed by atoms with van der Waals surface area (Å²) in [6.07, 6.45) is 0.488. The number of aliphatic hydroxyl groups excluding tert-OH is 1. The van der Waals surface area contributed by atoms with Crippen molar-refractivity contribution < 1.29 is 19.1 Å². The van der Waals surface area contributed by atoms with E-state index in [0.717, 1.165) is 54.4 Å². The number of hydrogen-bond acceptors (Lipinski definition) is 9. The lowest BCUT2D eigenvalue weighted by atomic mass is 10.0. The van der Waals surface area contributed by atoms with Crippen molar-refractivity contribution in [3.8, 4) is 28.4 Å². The molecule has 1 aliphatic rings. The van der Waals surface area contributed by atoms with Gasteiger partial charge >= 0.3 is 0 Å². The van der Waals surface area contributed by atoms with Gasteiger partial charge in [-0.1, -0.05) is 16.8 Å². The second-order valence-electron chi connectivity index (χ2n) is 8.84. The lowest BCUT2D eigenvalue weighted by Gasteiger charge is -2.25. The number of benzene rings is 1. The molecule has 2 atom stereocenters. The molecule has 3 heterocycles. The van der Waals surface area contributed by atoms with Crippen LogP contribution in [0.5, 0.6) is 5.75 Å². The van der Waals surface area contributed by atoms with Crippen molar-refractivity contribution in [1.29, 1.82) is 0 Å². The Labute approximate surface area is 210 Å². The molecule has 0 bridgehead atoms. The first-order valence-electron chi connectivity index (χ1n) is 11.8. The van der Waals surface area contributed by atoms with Gasteiger partial charge in [0.15, 0.2) is 12.1 Å². The molecule has 0 amide bonds. The van der Waals surface area contributed by atoms with Gasteiger partial charge in [-0.15, -0.1) is 0 Å². The van der Waals surface area contributed by atoms with Crippen molar-refractivity contribution in [2.75, 3.05) is 25.6 Å². The van der Waals surface area contributed by atoms with Crippen LogP contribution >= 0.6 is 11.6 Å². The van der Waals surface area contributed by atoms with E-state index in [-0.39, 0.29) is 6.04 Å². The monoisotopic (exact) mass is 501 g/mol. The average Bonchev–Trinajstić information content (AvgIpc) is 3.16. The fraction of sp³-hybridized carbons (Fsp3) is 0.480. The zero-order chi connectivity index (χ0) is 25.1. The van der Waals surface area contributed by atoms with E-state index in [1.165, 1.54) is 0 Å². The van der Waals surface area contributed by atoms with E-state index in [4.69, 9.17) is 35.6 Å². The highest BCUT2D eigenvalue weighted by Crippen LogP contribution is 2.35. The second kappa shape index (κ2) is 10.9. The molecule has 9 nitrogen and oxygen atoms in total. The second-order valence-corrected chi connectivity index (χ2v) is 9.28. The van der Waals surface area contributed by atoms with Crippen molar-refractivity contribution in [1.82, 2.24) is 20.4 Å². The van der Waals surface area contributed by atoms with Gasteiger partial charge in [0.2, 0.25) is 0 Å². The lowest BCUT2D eigenvalue weighted by molar-refractivity contribution is 0.0321. The molecule has 35 heavy (non-hydrogen) atoms. The molecular formula is C25H32ClN5O4. The third-order valence-electron chi connectivity index (χ3n) is 6.09. The van der Waals surface area contributed by atoms with Gasteiger partial charge in [0, 0.05) is 35.4 Å². The van der Waals surface area contributed by atoms with Crippen LogP contribution in [0.3, 0.4) is 0 Å². The van der Waals surface area contributed by atoms with E-state index in [1.807, 2.05) is 26.8 Å². The Bertz CT molecular complexity index is 1160. The summed E-state index contributed by atoms with van der Waals surface area (Å²) in [6.45, 7) is 8.87. The topological polar surface area (TPSA) is 115 Å². The van der Waals surface area contributed by atoms with Gasteiger partial charge in [-0.05, 0) is 65.8 Å². The Morgan fingerprint density at radius 3 is 2.51 bits per heavy atom. The summed E-state index contributed by atoms with van der Waals surface area (Å²) in [4.78, 5) is 9.81. The fourth-order valence-corrected chi connectivity index (χ4v) is 4.42. The van der Waals surface area contributed by atoms with Crippen LogP contribution in [0, 0.1) is 20.8 Å². The summed E-state index contributed by atoms with van der Waals surface area (Å²) in [5.74, 6) is 2.42. The minimum atomic E-state index is -0.723. The Kier molecular flexibility index (Phi) is 7.91. The Balaban J connectivity index is 1.81. The smallest absolute Gasteiger partial charge is 0.175 e. The van der Waals surface area contributed by atoms with Crippen LogP contribution in [0.15, 0.2) is 22.7 Å². The molecule has 2 aromatic heterocycles. The highest BCUT2D eigenvalue weighted by atomic mass is 35.5.